The molecule has 6 nitrogen and oxygen atoms in total. The number of rotatable bonds is 10. The van der Waals surface area contributed by atoms with Crippen LogP contribution in [0.5, 0.6) is 17.2 Å². The minimum Gasteiger partial charge on any atom is -0.496 e. The van der Waals surface area contributed by atoms with Crippen molar-refractivity contribution in [3.05, 3.63) is 53.6 Å². The molecule has 2 aromatic carbocycles. The fourth-order valence-electron chi connectivity index (χ4n) is 4.13. The van der Waals surface area contributed by atoms with Crippen LogP contribution in [0.25, 0.3) is 0 Å². The first-order valence-electron chi connectivity index (χ1n) is 10.7. The number of benzene rings is 2. The zero-order valence-electron chi connectivity index (χ0n) is 18.3. The largest absolute Gasteiger partial charge is 0.496 e. The summed E-state index contributed by atoms with van der Waals surface area (Å²) in [5.74, 6) is 2.61. The molecule has 1 saturated heterocycles. The third-order valence-electron chi connectivity index (χ3n) is 5.68. The summed E-state index contributed by atoms with van der Waals surface area (Å²) in [7, 11) is 3.39. The number of aliphatic hydroxyl groups excluding tert-OH is 1. The summed E-state index contributed by atoms with van der Waals surface area (Å²) in [6.07, 6.45) is 0.761. The maximum atomic E-state index is 9.64. The molecule has 164 valence electrons. The Morgan fingerprint density at radius 1 is 0.967 bits per heavy atom. The van der Waals surface area contributed by atoms with Crippen molar-refractivity contribution in [3.8, 4) is 17.2 Å². The number of nitrogens with zero attached hydrogens (tertiary/aromatic N) is 2. The molecule has 0 aromatic heterocycles. The molecular weight excluding hydrogens is 380 g/mol. The Balaban J connectivity index is 1.66. The van der Waals surface area contributed by atoms with Crippen molar-refractivity contribution in [1.82, 2.24) is 9.80 Å². The van der Waals surface area contributed by atoms with Gasteiger partial charge in [-0.25, -0.2) is 0 Å². The van der Waals surface area contributed by atoms with E-state index in [4.69, 9.17) is 14.2 Å². The molecule has 1 aliphatic heterocycles. The molecule has 1 N–H and O–H groups in total. The smallest absolute Gasteiger partial charge is 0.127 e. The van der Waals surface area contributed by atoms with Gasteiger partial charge in [0.1, 0.15) is 17.2 Å². The van der Waals surface area contributed by atoms with Gasteiger partial charge in [-0.3, -0.25) is 9.80 Å². The summed E-state index contributed by atoms with van der Waals surface area (Å²) in [4.78, 5) is 4.90. The molecule has 0 saturated carbocycles. The second-order valence-electron chi connectivity index (χ2n) is 7.59. The Labute approximate surface area is 180 Å². The van der Waals surface area contributed by atoms with Gasteiger partial charge in [0, 0.05) is 45.4 Å². The molecule has 0 amide bonds. The number of hydrogen-bond acceptors (Lipinski definition) is 6. The standard InChI is InChI=1S/C24H34N2O4/c1-4-30-21-10-8-19(9-11-21)16-26-14-13-25(17-20(26)12-15-27)18-22-23(28-2)6-5-7-24(22)29-3/h5-11,20,27H,4,12-18H2,1-3H3/t20-/m0/s1. The Kier molecular flexibility index (Phi) is 8.37. The van der Waals surface area contributed by atoms with Crippen LogP contribution < -0.4 is 14.2 Å². The normalized spacial score (nSPS) is 17.7. The zero-order valence-corrected chi connectivity index (χ0v) is 18.3. The first-order valence-corrected chi connectivity index (χ1v) is 10.7. The number of ether oxygens (including phenoxy) is 3. The molecule has 0 bridgehead atoms. The number of piperazine rings is 1. The van der Waals surface area contributed by atoms with Crippen molar-refractivity contribution in [2.45, 2.75) is 32.5 Å². The molecular formula is C24H34N2O4. The number of hydrogen-bond donors (Lipinski definition) is 1. The summed E-state index contributed by atoms with van der Waals surface area (Å²) >= 11 is 0. The van der Waals surface area contributed by atoms with Crippen LogP contribution in [0.2, 0.25) is 0 Å². The van der Waals surface area contributed by atoms with Gasteiger partial charge in [0.25, 0.3) is 0 Å². The Morgan fingerprint density at radius 3 is 2.27 bits per heavy atom. The number of methoxy groups -OCH3 is 2. The predicted molar refractivity (Wildman–Crippen MR) is 118 cm³/mol. The third-order valence-corrected chi connectivity index (χ3v) is 5.68. The fourth-order valence-corrected chi connectivity index (χ4v) is 4.13. The quantitative estimate of drug-likeness (QED) is 0.645. The molecule has 3 rings (SSSR count). The van der Waals surface area contributed by atoms with Crippen LogP contribution in [0, 0.1) is 0 Å². The van der Waals surface area contributed by atoms with Crippen LogP contribution in [0.3, 0.4) is 0 Å². The minimum atomic E-state index is 0.191. The van der Waals surface area contributed by atoms with E-state index in [2.05, 4.69) is 21.9 Å². The first kappa shape index (κ1) is 22.4. The van der Waals surface area contributed by atoms with Crippen molar-refractivity contribution >= 4 is 0 Å². The van der Waals surface area contributed by atoms with Crippen LogP contribution in [-0.2, 0) is 13.1 Å². The maximum Gasteiger partial charge on any atom is 0.127 e. The molecule has 0 spiro atoms. The summed E-state index contributed by atoms with van der Waals surface area (Å²) in [5, 5.41) is 9.64. The van der Waals surface area contributed by atoms with Gasteiger partial charge in [-0.05, 0) is 43.2 Å². The molecule has 2 aromatic rings. The SMILES string of the molecule is CCOc1ccc(CN2CCN(Cc3c(OC)cccc3OC)C[C@@H]2CCO)cc1. The van der Waals surface area contributed by atoms with Crippen molar-refractivity contribution in [3.63, 3.8) is 0 Å². The van der Waals surface area contributed by atoms with Crippen molar-refractivity contribution in [2.75, 3.05) is 47.1 Å². The molecule has 1 aliphatic rings. The first-order chi connectivity index (χ1) is 14.7. The van der Waals surface area contributed by atoms with Gasteiger partial charge in [-0.15, -0.1) is 0 Å². The van der Waals surface area contributed by atoms with E-state index in [0.29, 0.717) is 12.6 Å². The molecule has 1 heterocycles. The van der Waals surface area contributed by atoms with Gasteiger partial charge in [0.05, 0.1) is 26.4 Å². The predicted octanol–water partition coefficient (Wildman–Crippen LogP) is 3.17. The van der Waals surface area contributed by atoms with Crippen LogP contribution in [0.1, 0.15) is 24.5 Å². The lowest BCUT2D eigenvalue weighted by atomic mass is 10.1. The molecule has 0 radical (unpaired) electrons. The van der Waals surface area contributed by atoms with E-state index in [1.54, 1.807) is 14.2 Å². The molecule has 0 aliphatic carbocycles. The van der Waals surface area contributed by atoms with E-state index < -0.39 is 0 Å². The van der Waals surface area contributed by atoms with Gasteiger partial charge >= 0.3 is 0 Å². The minimum absolute atomic E-state index is 0.191. The lowest BCUT2D eigenvalue weighted by molar-refractivity contribution is 0.0492. The van der Waals surface area contributed by atoms with E-state index >= 15 is 0 Å². The van der Waals surface area contributed by atoms with Gasteiger partial charge in [-0.2, -0.15) is 0 Å². The van der Waals surface area contributed by atoms with Gasteiger partial charge < -0.3 is 19.3 Å². The Hall–Kier alpha value is -2.28. The molecule has 30 heavy (non-hydrogen) atoms. The molecule has 0 unspecified atom stereocenters. The van der Waals surface area contributed by atoms with Crippen LogP contribution in [-0.4, -0.2) is 68.0 Å². The second-order valence-corrected chi connectivity index (χ2v) is 7.59. The van der Waals surface area contributed by atoms with Crippen molar-refractivity contribution in [1.29, 1.82) is 0 Å². The topological polar surface area (TPSA) is 54.4 Å². The van der Waals surface area contributed by atoms with Gasteiger partial charge in [0.15, 0.2) is 0 Å². The van der Waals surface area contributed by atoms with Gasteiger partial charge in [-0.1, -0.05) is 18.2 Å². The van der Waals surface area contributed by atoms with Crippen LogP contribution in [0.15, 0.2) is 42.5 Å². The Morgan fingerprint density at radius 2 is 1.67 bits per heavy atom. The average Bonchev–Trinajstić information content (AvgIpc) is 2.77. The van der Waals surface area contributed by atoms with E-state index in [-0.39, 0.29) is 6.61 Å². The highest BCUT2D eigenvalue weighted by Gasteiger charge is 2.28. The maximum absolute atomic E-state index is 9.64. The number of aliphatic hydroxyl groups is 1. The summed E-state index contributed by atoms with van der Waals surface area (Å²) in [6, 6.07) is 14.5. The Bertz CT molecular complexity index is 759. The highest BCUT2D eigenvalue weighted by Crippen LogP contribution is 2.30. The molecule has 6 heteroatoms. The summed E-state index contributed by atoms with van der Waals surface area (Å²) in [5.41, 5.74) is 2.34. The highest BCUT2D eigenvalue weighted by molar-refractivity contribution is 5.44. The lowest BCUT2D eigenvalue weighted by Crippen LogP contribution is -2.52. The van der Waals surface area contributed by atoms with Crippen LogP contribution in [0.4, 0.5) is 0 Å². The van der Waals surface area contributed by atoms with E-state index in [0.717, 1.165) is 62.0 Å². The lowest BCUT2D eigenvalue weighted by Gasteiger charge is -2.41. The second kappa shape index (κ2) is 11.2. The average molecular weight is 415 g/mol. The monoisotopic (exact) mass is 414 g/mol. The molecule has 1 atom stereocenters. The third kappa shape index (κ3) is 5.65. The van der Waals surface area contributed by atoms with E-state index in [9.17, 15) is 5.11 Å². The van der Waals surface area contributed by atoms with Crippen molar-refractivity contribution in [2.24, 2.45) is 0 Å². The summed E-state index contributed by atoms with van der Waals surface area (Å²) in [6.45, 7) is 7.32. The highest BCUT2D eigenvalue weighted by atomic mass is 16.5. The zero-order chi connectivity index (χ0) is 21.3. The van der Waals surface area contributed by atoms with Gasteiger partial charge in [0.2, 0.25) is 0 Å². The van der Waals surface area contributed by atoms with Crippen molar-refractivity contribution < 1.29 is 19.3 Å². The summed E-state index contributed by atoms with van der Waals surface area (Å²) < 4.78 is 16.7. The fraction of sp³-hybridized carbons (Fsp3) is 0.500. The molecule has 1 fully saturated rings. The van der Waals surface area contributed by atoms with E-state index in [1.807, 2.05) is 37.3 Å². The van der Waals surface area contributed by atoms with Crippen LogP contribution >= 0.6 is 0 Å². The van der Waals surface area contributed by atoms with E-state index in [1.165, 1.54) is 5.56 Å².